The third kappa shape index (κ3) is 2.83. The molecule has 1 aliphatic heterocycles. The maximum atomic E-state index is 12.0. The minimum atomic E-state index is -0.967. The van der Waals surface area contributed by atoms with Crippen LogP contribution in [0.15, 0.2) is 0 Å². The molecule has 1 saturated heterocycles. The zero-order valence-corrected chi connectivity index (χ0v) is 11.4. The van der Waals surface area contributed by atoms with Crippen LogP contribution in [0.5, 0.6) is 0 Å². The number of carbonyl (C=O) groups is 2. The SMILES string of the molecule is CC(C)(CNC(=O)N1CC2CCC(O)C2C1)C(=O)O. The summed E-state index contributed by atoms with van der Waals surface area (Å²) in [5, 5.41) is 21.5. The Morgan fingerprint density at radius 3 is 2.58 bits per heavy atom. The van der Waals surface area contributed by atoms with E-state index in [0.29, 0.717) is 19.0 Å². The molecule has 108 valence electrons. The standard InChI is InChI=1S/C13H22N2O4/c1-13(2,11(17)18)7-14-12(19)15-5-8-3-4-10(16)9(8)6-15/h8-10,16H,3-7H2,1-2H3,(H,14,19)(H,17,18). The van der Waals surface area contributed by atoms with Gasteiger partial charge in [0, 0.05) is 25.6 Å². The van der Waals surface area contributed by atoms with Crippen LogP contribution in [0.2, 0.25) is 0 Å². The molecule has 3 N–H and O–H groups in total. The van der Waals surface area contributed by atoms with E-state index < -0.39 is 11.4 Å². The Hall–Kier alpha value is -1.30. The Balaban J connectivity index is 1.84. The Kier molecular flexibility index (Phi) is 3.71. The van der Waals surface area contributed by atoms with Crippen LogP contribution in [0.3, 0.4) is 0 Å². The van der Waals surface area contributed by atoms with Crippen molar-refractivity contribution in [3.8, 4) is 0 Å². The number of carbonyl (C=O) groups excluding carboxylic acids is 1. The van der Waals surface area contributed by atoms with Crippen LogP contribution in [-0.4, -0.2) is 52.9 Å². The normalized spacial score (nSPS) is 30.3. The number of carboxylic acid groups (broad SMARTS) is 1. The second-order valence-electron chi connectivity index (χ2n) is 6.32. The lowest BCUT2D eigenvalue weighted by molar-refractivity contribution is -0.146. The Morgan fingerprint density at radius 1 is 1.32 bits per heavy atom. The van der Waals surface area contributed by atoms with Gasteiger partial charge in [-0.1, -0.05) is 0 Å². The fourth-order valence-electron chi connectivity index (χ4n) is 2.89. The van der Waals surface area contributed by atoms with E-state index in [2.05, 4.69) is 5.32 Å². The molecule has 1 heterocycles. The number of hydrogen-bond donors (Lipinski definition) is 3. The number of carboxylic acids is 1. The predicted octanol–water partition coefficient (Wildman–Crippen LogP) is 0.509. The predicted molar refractivity (Wildman–Crippen MR) is 68.6 cm³/mol. The highest BCUT2D eigenvalue weighted by Gasteiger charge is 2.43. The van der Waals surface area contributed by atoms with Crippen molar-refractivity contribution >= 4 is 12.0 Å². The molecule has 2 rings (SSSR count). The summed E-state index contributed by atoms with van der Waals surface area (Å²) in [6.45, 7) is 4.51. The second kappa shape index (κ2) is 5.00. The summed E-state index contributed by atoms with van der Waals surface area (Å²) < 4.78 is 0. The third-order valence-electron chi connectivity index (χ3n) is 4.37. The number of fused-ring (bicyclic) bond motifs is 1. The van der Waals surface area contributed by atoms with Gasteiger partial charge in [-0.3, -0.25) is 4.79 Å². The molecule has 1 aliphatic carbocycles. The van der Waals surface area contributed by atoms with Crippen molar-refractivity contribution in [3.05, 3.63) is 0 Å². The number of urea groups is 1. The van der Waals surface area contributed by atoms with Gasteiger partial charge in [-0.05, 0) is 32.6 Å². The summed E-state index contributed by atoms with van der Waals surface area (Å²) in [6.07, 6.45) is 1.51. The highest BCUT2D eigenvalue weighted by atomic mass is 16.4. The lowest BCUT2D eigenvalue weighted by atomic mass is 9.94. The molecule has 0 spiro atoms. The first-order valence-corrected chi connectivity index (χ1v) is 6.75. The number of likely N-dealkylation sites (tertiary alicyclic amines) is 1. The first kappa shape index (κ1) is 14.1. The molecule has 0 bridgehead atoms. The average Bonchev–Trinajstić information content (AvgIpc) is 2.89. The number of aliphatic carboxylic acids is 1. The van der Waals surface area contributed by atoms with Crippen LogP contribution in [-0.2, 0) is 4.79 Å². The van der Waals surface area contributed by atoms with E-state index in [1.54, 1.807) is 18.7 Å². The summed E-state index contributed by atoms with van der Waals surface area (Å²) in [4.78, 5) is 24.6. The maximum Gasteiger partial charge on any atom is 0.317 e. The molecule has 6 nitrogen and oxygen atoms in total. The summed E-state index contributed by atoms with van der Waals surface area (Å²) in [7, 11) is 0. The van der Waals surface area contributed by atoms with Gasteiger partial charge in [0.25, 0.3) is 0 Å². The molecule has 0 aromatic carbocycles. The second-order valence-corrected chi connectivity index (χ2v) is 6.32. The first-order valence-electron chi connectivity index (χ1n) is 6.75. The molecule has 0 aromatic rings. The van der Waals surface area contributed by atoms with Gasteiger partial charge in [0.05, 0.1) is 11.5 Å². The van der Waals surface area contributed by atoms with E-state index in [9.17, 15) is 14.7 Å². The van der Waals surface area contributed by atoms with Gasteiger partial charge in [-0.25, -0.2) is 4.79 Å². The van der Waals surface area contributed by atoms with Crippen LogP contribution >= 0.6 is 0 Å². The number of amides is 2. The lowest BCUT2D eigenvalue weighted by Crippen LogP contribution is -2.45. The average molecular weight is 270 g/mol. The fraction of sp³-hybridized carbons (Fsp3) is 0.846. The summed E-state index contributed by atoms with van der Waals surface area (Å²) in [5.74, 6) is -0.340. The van der Waals surface area contributed by atoms with Gasteiger partial charge in [-0.15, -0.1) is 0 Å². The van der Waals surface area contributed by atoms with Gasteiger partial charge in [0.15, 0.2) is 0 Å². The molecular formula is C13H22N2O4. The minimum Gasteiger partial charge on any atom is -0.481 e. The van der Waals surface area contributed by atoms with Gasteiger partial charge >= 0.3 is 12.0 Å². The van der Waals surface area contributed by atoms with Gasteiger partial charge in [0.2, 0.25) is 0 Å². The molecule has 0 aromatic heterocycles. The molecule has 0 radical (unpaired) electrons. The zero-order valence-electron chi connectivity index (χ0n) is 11.4. The van der Waals surface area contributed by atoms with E-state index in [0.717, 1.165) is 12.8 Å². The maximum absolute atomic E-state index is 12.0. The summed E-state index contributed by atoms with van der Waals surface area (Å²) in [5.41, 5.74) is -0.967. The lowest BCUT2D eigenvalue weighted by Gasteiger charge is -2.23. The summed E-state index contributed by atoms with van der Waals surface area (Å²) >= 11 is 0. The molecule has 2 amide bonds. The third-order valence-corrected chi connectivity index (χ3v) is 4.37. The molecule has 1 saturated carbocycles. The monoisotopic (exact) mass is 270 g/mol. The molecule has 19 heavy (non-hydrogen) atoms. The van der Waals surface area contributed by atoms with Crippen molar-refractivity contribution in [1.29, 1.82) is 0 Å². The Bertz CT molecular complexity index is 383. The summed E-state index contributed by atoms with van der Waals surface area (Å²) in [6, 6.07) is -0.226. The van der Waals surface area contributed by atoms with Gasteiger partial charge in [-0.2, -0.15) is 0 Å². The Morgan fingerprint density at radius 2 is 2.00 bits per heavy atom. The quantitative estimate of drug-likeness (QED) is 0.697. The number of aliphatic hydroxyl groups excluding tert-OH is 1. The zero-order chi connectivity index (χ0) is 14.2. The van der Waals surface area contributed by atoms with E-state index in [1.165, 1.54) is 0 Å². The van der Waals surface area contributed by atoms with Crippen LogP contribution in [0.1, 0.15) is 26.7 Å². The fourth-order valence-corrected chi connectivity index (χ4v) is 2.89. The van der Waals surface area contributed by atoms with Gasteiger partial charge in [0.1, 0.15) is 0 Å². The van der Waals surface area contributed by atoms with Gasteiger partial charge < -0.3 is 20.4 Å². The number of rotatable bonds is 3. The van der Waals surface area contributed by atoms with E-state index in [1.807, 2.05) is 0 Å². The van der Waals surface area contributed by atoms with Crippen molar-refractivity contribution in [2.24, 2.45) is 17.3 Å². The van der Waals surface area contributed by atoms with E-state index >= 15 is 0 Å². The van der Waals surface area contributed by atoms with Crippen molar-refractivity contribution < 1.29 is 19.8 Å². The van der Waals surface area contributed by atoms with Crippen molar-refractivity contribution in [2.75, 3.05) is 19.6 Å². The van der Waals surface area contributed by atoms with Crippen molar-refractivity contribution in [2.45, 2.75) is 32.8 Å². The number of hydrogen-bond acceptors (Lipinski definition) is 3. The topological polar surface area (TPSA) is 89.9 Å². The molecule has 2 aliphatic rings. The highest BCUT2D eigenvalue weighted by molar-refractivity contribution is 5.77. The van der Waals surface area contributed by atoms with Crippen LogP contribution in [0.25, 0.3) is 0 Å². The van der Waals surface area contributed by atoms with E-state index in [-0.39, 0.29) is 24.6 Å². The van der Waals surface area contributed by atoms with Crippen LogP contribution in [0, 0.1) is 17.3 Å². The first-order chi connectivity index (χ1) is 8.81. The van der Waals surface area contributed by atoms with Crippen molar-refractivity contribution in [3.63, 3.8) is 0 Å². The van der Waals surface area contributed by atoms with E-state index in [4.69, 9.17) is 5.11 Å². The largest absolute Gasteiger partial charge is 0.481 e. The van der Waals surface area contributed by atoms with Crippen LogP contribution in [0.4, 0.5) is 4.79 Å². The smallest absolute Gasteiger partial charge is 0.317 e. The number of aliphatic hydroxyl groups is 1. The molecule has 3 unspecified atom stereocenters. The minimum absolute atomic E-state index is 0.107. The van der Waals surface area contributed by atoms with Crippen molar-refractivity contribution in [1.82, 2.24) is 10.2 Å². The molecule has 2 fully saturated rings. The highest BCUT2D eigenvalue weighted by Crippen LogP contribution is 2.37. The number of nitrogens with one attached hydrogen (secondary N) is 1. The Labute approximate surface area is 112 Å². The molecule has 6 heteroatoms. The van der Waals surface area contributed by atoms with Crippen LogP contribution < -0.4 is 5.32 Å². The number of nitrogens with zero attached hydrogens (tertiary/aromatic N) is 1. The molecular weight excluding hydrogens is 248 g/mol. The molecule has 3 atom stereocenters.